The molecular weight excluding hydrogens is 216 g/mol. The van der Waals surface area contributed by atoms with Crippen LogP contribution in [0.5, 0.6) is 0 Å². The van der Waals surface area contributed by atoms with Gasteiger partial charge >= 0.3 is 23.8 Å². The van der Waals surface area contributed by atoms with Gasteiger partial charge < -0.3 is 5.11 Å². The monoisotopic (exact) mass is 226 g/mol. The zero-order valence-corrected chi connectivity index (χ0v) is 8.76. The highest BCUT2D eigenvalue weighted by molar-refractivity contribution is 6.44. The molecule has 4 amide bonds. The summed E-state index contributed by atoms with van der Waals surface area (Å²) in [6, 6.07) is -0.746. The molecule has 0 spiro atoms. The lowest BCUT2D eigenvalue weighted by Gasteiger charge is -2.09. The average molecular weight is 226 g/mol. The topological polar surface area (TPSA) is 95.0 Å². The lowest BCUT2D eigenvalue weighted by Crippen LogP contribution is -2.31. The van der Waals surface area contributed by atoms with Crippen molar-refractivity contribution >= 4 is 23.8 Å². The average Bonchev–Trinajstić information content (AvgIpc) is 2.41. The first-order chi connectivity index (χ1) is 7.36. The number of rotatable bonds is 3. The molecule has 16 heavy (non-hydrogen) atoms. The van der Waals surface area contributed by atoms with Crippen LogP contribution in [0.1, 0.15) is 6.92 Å². The van der Waals surface area contributed by atoms with Gasteiger partial charge in [0.25, 0.3) is 0 Å². The zero-order valence-electron chi connectivity index (χ0n) is 8.76. The Balaban J connectivity index is 2.80. The Bertz CT molecular complexity index is 412. The minimum absolute atomic E-state index is 0.00241. The first-order valence-corrected chi connectivity index (χ1v) is 4.39. The fraction of sp³-hybridized carbons (Fsp3) is 0.333. The number of nitrogens with zero attached hydrogens (tertiary/aromatic N) is 2. The molecular formula is C9H10N2O5. The van der Waals surface area contributed by atoms with Crippen molar-refractivity contribution in [2.24, 2.45) is 0 Å². The second kappa shape index (κ2) is 4.13. The lowest BCUT2D eigenvalue weighted by molar-refractivity contribution is -0.142. The summed E-state index contributed by atoms with van der Waals surface area (Å²) in [6.45, 7) is 1.12. The van der Waals surface area contributed by atoms with E-state index < -0.39 is 23.8 Å². The zero-order chi connectivity index (χ0) is 12.5. The number of carbonyl (C=O) groups excluding carboxylic acids is 3. The third-order valence-electron chi connectivity index (χ3n) is 2.17. The van der Waals surface area contributed by atoms with Crippen LogP contribution in [0, 0.1) is 0 Å². The molecule has 0 aromatic rings. The summed E-state index contributed by atoms with van der Waals surface area (Å²) < 4.78 is 0. The molecule has 0 atom stereocenters. The van der Waals surface area contributed by atoms with Gasteiger partial charge in [0.2, 0.25) is 0 Å². The first kappa shape index (κ1) is 11.9. The maximum Gasteiger partial charge on any atom is 0.334 e. The molecule has 7 nitrogen and oxygen atoms in total. The predicted molar refractivity (Wildman–Crippen MR) is 51.3 cm³/mol. The van der Waals surface area contributed by atoms with Gasteiger partial charge in [0.05, 0.1) is 0 Å². The van der Waals surface area contributed by atoms with Gasteiger partial charge in [0.1, 0.15) is 0 Å². The molecule has 1 fully saturated rings. The van der Waals surface area contributed by atoms with E-state index in [2.05, 4.69) is 0 Å². The molecule has 0 bridgehead atoms. The molecule has 1 rings (SSSR count). The molecule has 0 aromatic carbocycles. The molecule has 1 aliphatic rings. The van der Waals surface area contributed by atoms with Crippen molar-refractivity contribution in [1.82, 2.24) is 9.80 Å². The van der Waals surface area contributed by atoms with Crippen molar-refractivity contribution in [2.45, 2.75) is 6.92 Å². The molecule has 0 unspecified atom stereocenters. The van der Waals surface area contributed by atoms with E-state index in [1.165, 1.54) is 20.0 Å². The van der Waals surface area contributed by atoms with Crippen molar-refractivity contribution in [3.8, 4) is 0 Å². The molecule has 1 saturated heterocycles. The summed E-state index contributed by atoms with van der Waals surface area (Å²) in [5.41, 5.74) is 0.00241. The van der Waals surface area contributed by atoms with E-state index in [-0.39, 0.29) is 12.1 Å². The van der Waals surface area contributed by atoms with E-state index in [9.17, 15) is 19.2 Å². The van der Waals surface area contributed by atoms with Crippen LogP contribution >= 0.6 is 0 Å². The van der Waals surface area contributed by atoms with E-state index in [1.54, 1.807) is 0 Å². The van der Waals surface area contributed by atoms with Gasteiger partial charge in [-0.2, -0.15) is 0 Å². The van der Waals surface area contributed by atoms with E-state index in [0.717, 1.165) is 0 Å². The van der Waals surface area contributed by atoms with Crippen LogP contribution in [0.25, 0.3) is 0 Å². The maximum atomic E-state index is 11.3. The van der Waals surface area contributed by atoms with Gasteiger partial charge in [0, 0.05) is 19.2 Å². The Morgan fingerprint density at radius 3 is 2.25 bits per heavy atom. The number of amides is 4. The van der Waals surface area contributed by atoms with Gasteiger partial charge in [-0.1, -0.05) is 6.08 Å². The van der Waals surface area contributed by atoms with Gasteiger partial charge in [-0.3, -0.25) is 19.4 Å². The SMILES string of the molecule is CC(=CCN1C(=O)C(=O)N(C)C1=O)C(=O)O. The van der Waals surface area contributed by atoms with E-state index in [0.29, 0.717) is 9.80 Å². The number of imide groups is 2. The third-order valence-corrected chi connectivity index (χ3v) is 2.17. The summed E-state index contributed by atoms with van der Waals surface area (Å²) in [7, 11) is 1.19. The molecule has 7 heteroatoms. The van der Waals surface area contributed by atoms with Crippen LogP contribution in [0.4, 0.5) is 4.79 Å². The van der Waals surface area contributed by atoms with E-state index in [4.69, 9.17) is 5.11 Å². The molecule has 86 valence electrons. The number of aliphatic carboxylic acids is 1. The molecule has 0 aromatic heterocycles. The fourth-order valence-electron chi connectivity index (χ4n) is 1.09. The van der Waals surface area contributed by atoms with Gasteiger partial charge in [-0.05, 0) is 6.92 Å². The van der Waals surface area contributed by atoms with Crippen molar-refractivity contribution < 1.29 is 24.3 Å². The van der Waals surface area contributed by atoms with Gasteiger partial charge in [-0.25, -0.2) is 9.59 Å². The summed E-state index contributed by atoms with van der Waals surface area (Å²) in [4.78, 5) is 45.5. The van der Waals surface area contributed by atoms with Crippen molar-refractivity contribution in [3.63, 3.8) is 0 Å². The van der Waals surface area contributed by atoms with Crippen LogP contribution < -0.4 is 0 Å². The number of hydrogen-bond acceptors (Lipinski definition) is 4. The molecule has 0 radical (unpaired) electrons. The van der Waals surface area contributed by atoms with Crippen molar-refractivity contribution in [1.29, 1.82) is 0 Å². The number of likely N-dealkylation sites (N-methyl/N-ethyl adjacent to an activating group) is 1. The third kappa shape index (κ3) is 1.92. The molecule has 0 aliphatic carbocycles. The van der Waals surface area contributed by atoms with Crippen LogP contribution in [-0.2, 0) is 14.4 Å². The highest BCUT2D eigenvalue weighted by Crippen LogP contribution is 2.09. The lowest BCUT2D eigenvalue weighted by atomic mass is 10.3. The Morgan fingerprint density at radius 2 is 1.88 bits per heavy atom. The number of hydrogen-bond donors (Lipinski definition) is 1. The molecule has 1 aliphatic heterocycles. The normalized spacial score (nSPS) is 17.4. The van der Waals surface area contributed by atoms with Crippen LogP contribution in [0.3, 0.4) is 0 Å². The summed E-state index contributed by atoms with van der Waals surface area (Å²) in [6.07, 6.45) is 1.20. The Kier molecular flexibility index (Phi) is 3.07. The standard InChI is InChI=1S/C9H10N2O5/c1-5(8(14)15)3-4-11-7(13)6(12)10(2)9(11)16/h3H,4H2,1-2H3,(H,14,15). The Labute approximate surface area is 90.9 Å². The van der Waals surface area contributed by atoms with Gasteiger partial charge in [0.15, 0.2) is 0 Å². The largest absolute Gasteiger partial charge is 0.478 e. The van der Waals surface area contributed by atoms with Crippen molar-refractivity contribution in [2.75, 3.05) is 13.6 Å². The van der Waals surface area contributed by atoms with Gasteiger partial charge in [-0.15, -0.1) is 0 Å². The number of urea groups is 1. The molecule has 1 heterocycles. The molecule has 0 saturated carbocycles. The second-order valence-electron chi connectivity index (χ2n) is 3.25. The van der Waals surface area contributed by atoms with Crippen molar-refractivity contribution in [3.05, 3.63) is 11.6 Å². The quantitative estimate of drug-likeness (QED) is 0.395. The highest BCUT2D eigenvalue weighted by Gasteiger charge is 2.41. The number of carboxylic acid groups (broad SMARTS) is 1. The van der Waals surface area contributed by atoms with E-state index in [1.807, 2.05) is 0 Å². The molecule has 1 N–H and O–H groups in total. The number of carbonyl (C=O) groups is 4. The first-order valence-electron chi connectivity index (χ1n) is 4.39. The minimum atomic E-state index is -1.14. The fourth-order valence-corrected chi connectivity index (χ4v) is 1.09. The van der Waals surface area contributed by atoms with E-state index >= 15 is 0 Å². The Morgan fingerprint density at radius 1 is 1.31 bits per heavy atom. The minimum Gasteiger partial charge on any atom is -0.478 e. The Hall–Kier alpha value is -2.18. The summed E-state index contributed by atoms with van der Waals surface area (Å²) in [5.74, 6) is -2.99. The number of carboxylic acids is 1. The second-order valence-corrected chi connectivity index (χ2v) is 3.25. The maximum absolute atomic E-state index is 11.3. The summed E-state index contributed by atoms with van der Waals surface area (Å²) >= 11 is 0. The van der Waals surface area contributed by atoms with Crippen LogP contribution in [0.15, 0.2) is 11.6 Å². The smallest absolute Gasteiger partial charge is 0.334 e. The van der Waals surface area contributed by atoms with Crippen LogP contribution in [0.2, 0.25) is 0 Å². The highest BCUT2D eigenvalue weighted by atomic mass is 16.4. The van der Waals surface area contributed by atoms with Crippen LogP contribution in [-0.4, -0.2) is 52.3 Å². The predicted octanol–water partition coefficient (Wildman–Crippen LogP) is -0.562. The summed E-state index contributed by atoms with van der Waals surface area (Å²) in [5, 5.41) is 8.56.